The summed E-state index contributed by atoms with van der Waals surface area (Å²) in [6.45, 7) is 0.897. The molecule has 2 aromatic heterocycles. The Labute approximate surface area is 167 Å². The lowest BCUT2D eigenvalue weighted by molar-refractivity contribution is 0.0934. The lowest BCUT2D eigenvalue weighted by Crippen LogP contribution is -2.27. The third kappa shape index (κ3) is 4.16. The van der Waals surface area contributed by atoms with E-state index in [4.69, 9.17) is 0 Å². The number of carbonyl (C=O) groups is 2. The molecule has 0 spiro atoms. The van der Waals surface area contributed by atoms with Crippen molar-refractivity contribution < 1.29 is 14.0 Å². The molecular weight excluding hydrogens is 373 g/mol. The molecule has 1 aliphatic rings. The van der Waals surface area contributed by atoms with Crippen LogP contribution in [0.15, 0.2) is 48.7 Å². The lowest BCUT2D eigenvalue weighted by atomic mass is 10.1. The number of nitrogens with one attached hydrogen (secondary N) is 2. The van der Waals surface area contributed by atoms with Crippen molar-refractivity contribution in [3.63, 3.8) is 0 Å². The molecule has 0 aliphatic carbocycles. The van der Waals surface area contributed by atoms with Gasteiger partial charge in [0, 0.05) is 18.4 Å². The summed E-state index contributed by atoms with van der Waals surface area (Å²) in [6, 6.07) is 11.1. The Morgan fingerprint density at radius 1 is 1.10 bits per heavy atom. The van der Waals surface area contributed by atoms with E-state index >= 15 is 0 Å². The predicted molar refractivity (Wildman–Crippen MR) is 105 cm³/mol. The molecule has 8 heteroatoms. The van der Waals surface area contributed by atoms with E-state index in [0.29, 0.717) is 18.7 Å². The number of carbonyl (C=O) groups excluding carboxylic acids is 2. The zero-order valence-electron chi connectivity index (χ0n) is 15.7. The van der Waals surface area contributed by atoms with Gasteiger partial charge in [0.25, 0.3) is 11.8 Å². The van der Waals surface area contributed by atoms with Crippen LogP contribution in [0.25, 0.3) is 0 Å². The lowest BCUT2D eigenvalue weighted by Gasteiger charge is -2.17. The standard InChI is InChI=1S/C21H20FN5O2/c22-14-6-5-8-15(12-14)25-20(28)18-17-9-2-4-11-27(17)19(26-18)21(29)24-13-16-7-1-3-10-23-16/h1,3,5-8,10,12H,2,4,9,11,13H2,(H,24,29)(H,25,28). The van der Waals surface area contributed by atoms with Crippen molar-refractivity contribution in [2.75, 3.05) is 5.32 Å². The highest BCUT2D eigenvalue weighted by Gasteiger charge is 2.27. The molecule has 0 radical (unpaired) electrons. The van der Waals surface area contributed by atoms with Gasteiger partial charge in [0.05, 0.1) is 17.9 Å². The smallest absolute Gasteiger partial charge is 0.287 e. The van der Waals surface area contributed by atoms with Crippen LogP contribution in [0, 0.1) is 5.82 Å². The number of imidazole rings is 1. The first-order valence-electron chi connectivity index (χ1n) is 9.46. The van der Waals surface area contributed by atoms with Gasteiger partial charge in [0.15, 0.2) is 11.5 Å². The highest BCUT2D eigenvalue weighted by Crippen LogP contribution is 2.22. The molecule has 7 nitrogen and oxygen atoms in total. The number of amides is 2. The summed E-state index contributed by atoms with van der Waals surface area (Å²) in [5, 5.41) is 5.47. The van der Waals surface area contributed by atoms with Crippen LogP contribution in [0.1, 0.15) is 45.3 Å². The summed E-state index contributed by atoms with van der Waals surface area (Å²) in [6.07, 6.45) is 4.15. The van der Waals surface area contributed by atoms with Gasteiger partial charge >= 0.3 is 0 Å². The Hall–Kier alpha value is -3.55. The molecule has 0 unspecified atom stereocenters. The molecule has 3 aromatic rings. The van der Waals surface area contributed by atoms with Crippen molar-refractivity contribution in [1.29, 1.82) is 0 Å². The summed E-state index contributed by atoms with van der Waals surface area (Å²) in [5.74, 6) is -1.04. The SMILES string of the molecule is O=C(Nc1cccc(F)c1)c1nc(C(=O)NCc2ccccn2)n2c1CCCC2. The average Bonchev–Trinajstić information content (AvgIpc) is 3.13. The first-order chi connectivity index (χ1) is 14.1. The number of fused-ring (bicyclic) bond motifs is 1. The number of aromatic nitrogens is 3. The number of halogens is 1. The van der Waals surface area contributed by atoms with E-state index in [1.165, 1.54) is 18.2 Å². The Bertz CT molecular complexity index is 1050. The van der Waals surface area contributed by atoms with Crippen molar-refractivity contribution in [2.45, 2.75) is 32.4 Å². The van der Waals surface area contributed by atoms with Gasteiger partial charge in [-0.05, 0) is 49.6 Å². The first-order valence-corrected chi connectivity index (χ1v) is 9.46. The normalized spacial score (nSPS) is 12.9. The van der Waals surface area contributed by atoms with Gasteiger partial charge in [-0.3, -0.25) is 14.6 Å². The van der Waals surface area contributed by atoms with Crippen LogP contribution >= 0.6 is 0 Å². The number of benzene rings is 1. The second-order valence-electron chi connectivity index (χ2n) is 6.81. The van der Waals surface area contributed by atoms with Crippen molar-refractivity contribution in [2.24, 2.45) is 0 Å². The Kier molecular flexibility index (Phi) is 5.33. The van der Waals surface area contributed by atoms with Crippen LogP contribution in [0.5, 0.6) is 0 Å². The molecule has 4 rings (SSSR count). The largest absolute Gasteiger partial charge is 0.344 e. The fourth-order valence-corrected chi connectivity index (χ4v) is 3.41. The molecule has 1 aromatic carbocycles. The molecule has 1 aliphatic heterocycles. The molecule has 2 N–H and O–H groups in total. The minimum Gasteiger partial charge on any atom is -0.344 e. The van der Waals surface area contributed by atoms with E-state index in [-0.39, 0.29) is 24.0 Å². The van der Waals surface area contributed by atoms with Crippen molar-refractivity contribution in [3.8, 4) is 0 Å². The maximum Gasteiger partial charge on any atom is 0.287 e. The highest BCUT2D eigenvalue weighted by atomic mass is 19.1. The average molecular weight is 393 g/mol. The van der Waals surface area contributed by atoms with Crippen LogP contribution in [0.3, 0.4) is 0 Å². The zero-order chi connectivity index (χ0) is 20.2. The summed E-state index contributed by atoms with van der Waals surface area (Å²) >= 11 is 0. The van der Waals surface area contributed by atoms with Gasteiger partial charge in [-0.25, -0.2) is 9.37 Å². The van der Waals surface area contributed by atoms with E-state index in [1.54, 1.807) is 22.9 Å². The van der Waals surface area contributed by atoms with Crippen LogP contribution in [0.4, 0.5) is 10.1 Å². The summed E-state index contributed by atoms with van der Waals surface area (Å²) in [4.78, 5) is 34.0. The van der Waals surface area contributed by atoms with E-state index in [2.05, 4.69) is 20.6 Å². The fraction of sp³-hybridized carbons (Fsp3) is 0.238. The van der Waals surface area contributed by atoms with Gasteiger partial charge in [-0.15, -0.1) is 0 Å². The summed E-state index contributed by atoms with van der Waals surface area (Å²) in [5.41, 5.74) is 2.01. The van der Waals surface area contributed by atoms with Gasteiger partial charge in [-0.2, -0.15) is 0 Å². The van der Waals surface area contributed by atoms with Crippen molar-refractivity contribution in [3.05, 3.63) is 77.4 Å². The third-order valence-electron chi connectivity index (χ3n) is 4.77. The third-order valence-corrected chi connectivity index (χ3v) is 4.77. The van der Waals surface area contributed by atoms with Gasteiger partial charge in [0.1, 0.15) is 5.82 Å². The molecular formula is C21H20FN5O2. The zero-order valence-corrected chi connectivity index (χ0v) is 15.7. The Morgan fingerprint density at radius 3 is 2.79 bits per heavy atom. The number of hydrogen-bond donors (Lipinski definition) is 2. The monoisotopic (exact) mass is 393 g/mol. The summed E-state index contributed by atoms with van der Waals surface area (Å²) < 4.78 is 15.2. The molecule has 0 atom stereocenters. The number of hydrogen-bond acceptors (Lipinski definition) is 4. The molecule has 2 amide bonds. The number of rotatable bonds is 5. The van der Waals surface area contributed by atoms with Crippen LogP contribution in [0.2, 0.25) is 0 Å². The van der Waals surface area contributed by atoms with E-state index in [1.807, 2.05) is 12.1 Å². The maximum absolute atomic E-state index is 13.4. The maximum atomic E-state index is 13.4. The minimum absolute atomic E-state index is 0.206. The summed E-state index contributed by atoms with van der Waals surface area (Å²) in [7, 11) is 0. The number of nitrogens with zero attached hydrogens (tertiary/aromatic N) is 3. The topological polar surface area (TPSA) is 88.9 Å². The minimum atomic E-state index is -0.454. The number of pyridine rings is 1. The Morgan fingerprint density at radius 2 is 2.00 bits per heavy atom. The highest BCUT2D eigenvalue weighted by molar-refractivity contribution is 6.05. The molecule has 0 saturated heterocycles. The molecule has 3 heterocycles. The molecule has 29 heavy (non-hydrogen) atoms. The van der Waals surface area contributed by atoms with Gasteiger partial charge in [0.2, 0.25) is 0 Å². The van der Waals surface area contributed by atoms with Crippen molar-refractivity contribution >= 4 is 17.5 Å². The molecule has 0 bridgehead atoms. The molecule has 0 saturated carbocycles. The van der Waals surface area contributed by atoms with Crippen LogP contribution in [-0.4, -0.2) is 26.3 Å². The van der Waals surface area contributed by atoms with E-state index in [9.17, 15) is 14.0 Å². The first kappa shape index (κ1) is 18.8. The second-order valence-corrected chi connectivity index (χ2v) is 6.81. The Balaban J connectivity index is 1.56. The molecule has 148 valence electrons. The van der Waals surface area contributed by atoms with Crippen LogP contribution in [-0.2, 0) is 19.5 Å². The van der Waals surface area contributed by atoms with Crippen molar-refractivity contribution in [1.82, 2.24) is 19.9 Å². The van der Waals surface area contributed by atoms with E-state index < -0.39 is 11.7 Å². The quantitative estimate of drug-likeness (QED) is 0.698. The number of anilines is 1. The van der Waals surface area contributed by atoms with E-state index in [0.717, 1.165) is 24.2 Å². The second kappa shape index (κ2) is 8.22. The molecule has 0 fully saturated rings. The van der Waals surface area contributed by atoms with Gasteiger partial charge < -0.3 is 15.2 Å². The predicted octanol–water partition coefficient (Wildman–Crippen LogP) is 2.94. The fourth-order valence-electron chi connectivity index (χ4n) is 3.41. The van der Waals surface area contributed by atoms with Crippen LogP contribution < -0.4 is 10.6 Å². The van der Waals surface area contributed by atoms with Gasteiger partial charge in [-0.1, -0.05) is 12.1 Å².